The molecule has 0 saturated carbocycles. The second kappa shape index (κ2) is 8.65. The fourth-order valence-electron chi connectivity index (χ4n) is 3.43. The Balaban J connectivity index is 1.43. The van der Waals surface area contributed by atoms with Crippen LogP contribution in [-0.4, -0.2) is 35.8 Å². The van der Waals surface area contributed by atoms with Crippen LogP contribution in [0.5, 0.6) is 0 Å². The summed E-state index contributed by atoms with van der Waals surface area (Å²) in [6.45, 7) is 3.38. The molecule has 1 saturated heterocycles. The number of carbonyl (C=O) groups excluding carboxylic acids is 2. The van der Waals surface area contributed by atoms with Crippen molar-refractivity contribution in [3.05, 3.63) is 71.3 Å². The molecule has 1 N–H and O–H groups in total. The van der Waals surface area contributed by atoms with Crippen LogP contribution in [0.2, 0.25) is 0 Å². The van der Waals surface area contributed by atoms with E-state index < -0.39 is 0 Å². The molecule has 2 aromatic carbocycles. The Morgan fingerprint density at radius 2 is 1.81 bits per heavy atom. The van der Waals surface area contributed by atoms with Crippen molar-refractivity contribution in [2.24, 2.45) is 0 Å². The highest BCUT2D eigenvalue weighted by Gasteiger charge is 2.30. The largest absolute Gasteiger partial charge is 0.351 e. The van der Waals surface area contributed by atoms with Gasteiger partial charge in [-0.15, -0.1) is 0 Å². The number of benzene rings is 2. The summed E-state index contributed by atoms with van der Waals surface area (Å²) in [6, 6.07) is 18.2. The van der Waals surface area contributed by atoms with E-state index in [1.807, 2.05) is 35.2 Å². The molecule has 136 valence electrons. The predicted molar refractivity (Wildman–Crippen MR) is 103 cm³/mol. The molecule has 4 nitrogen and oxygen atoms in total. The third kappa shape index (κ3) is 4.94. The number of nitrogens with zero attached hydrogens (tertiary/aromatic N) is 1. The van der Waals surface area contributed by atoms with Gasteiger partial charge in [0.1, 0.15) is 0 Å². The van der Waals surface area contributed by atoms with Crippen LogP contribution >= 0.6 is 0 Å². The number of amides is 2. The lowest BCUT2D eigenvalue weighted by Crippen LogP contribution is -2.37. The minimum Gasteiger partial charge on any atom is -0.351 e. The van der Waals surface area contributed by atoms with Gasteiger partial charge in [0, 0.05) is 25.9 Å². The molecule has 1 fully saturated rings. The Bertz CT molecular complexity index is 758. The minimum absolute atomic E-state index is 0.0240. The summed E-state index contributed by atoms with van der Waals surface area (Å²) in [5.41, 5.74) is 3.64. The van der Waals surface area contributed by atoms with E-state index in [-0.39, 0.29) is 17.9 Å². The minimum atomic E-state index is -0.0670. The predicted octanol–water partition coefficient (Wildman–Crippen LogP) is 2.89. The maximum atomic E-state index is 12.2. The molecule has 1 atom stereocenters. The van der Waals surface area contributed by atoms with Gasteiger partial charge in [-0.05, 0) is 36.5 Å². The number of carbonyl (C=O) groups is 2. The van der Waals surface area contributed by atoms with Gasteiger partial charge in [-0.25, -0.2) is 0 Å². The molecule has 2 aromatic rings. The van der Waals surface area contributed by atoms with E-state index >= 15 is 0 Å². The van der Waals surface area contributed by atoms with Crippen LogP contribution in [0, 0.1) is 6.92 Å². The van der Waals surface area contributed by atoms with E-state index in [2.05, 4.69) is 36.5 Å². The fraction of sp³-hybridized carbons (Fsp3) is 0.364. The molecule has 1 aliphatic rings. The molecule has 0 unspecified atom stereocenters. The number of rotatable bonds is 7. The number of hydrogen-bond acceptors (Lipinski definition) is 2. The highest BCUT2D eigenvalue weighted by Crippen LogP contribution is 2.14. The molecule has 0 bridgehead atoms. The molecule has 3 rings (SSSR count). The lowest BCUT2D eigenvalue weighted by atomic mass is 10.0. The zero-order valence-corrected chi connectivity index (χ0v) is 15.3. The highest BCUT2D eigenvalue weighted by atomic mass is 16.2. The average molecular weight is 350 g/mol. The first-order valence-corrected chi connectivity index (χ1v) is 9.27. The zero-order valence-electron chi connectivity index (χ0n) is 15.3. The summed E-state index contributed by atoms with van der Waals surface area (Å²) in [5.74, 6) is 0.154. The molecule has 0 spiro atoms. The van der Waals surface area contributed by atoms with Crippen molar-refractivity contribution in [1.29, 1.82) is 0 Å². The van der Waals surface area contributed by atoms with E-state index in [4.69, 9.17) is 0 Å². The van der Waals surface area contributed by atoms with Crippen LogP contribution in [0.1, 0.15) is 29.5 Å². The van der Waals surface area contributed by atoms with Gasteiger partial charge in [0.05, 0.1) is 6.04 Å². The van der Waals surface area contributed by atoms with Crippen molar-refractivity contribution in [1.82, 2.24) is 10.2 Å². The number of likely N-dealkylation sites (tertiary alicyclic amines) is 1. The van der Waals surface area contributed by atoms with Crippen molar-refractivity contribution in [3.63, 3.8) is 0 Å². The Hall–Kier alpha value is -2.62. The smallest absolute Gasteiger partial charge is 0.224 e. The van der Waals surface area contributed by atoms with Gasteiger partial charge in [0.15, 0.2) is 0 Å². The van der Waals surface area contributed by atoms with Gasteiger partial charge in [0.25, 0.3) is 0 Å². The number of aryl methyl sites for hydroxylation is 2. The molecular weight excluding hydrogens is 324 g/mol. The maximum absolute atomic E-state index is 12.2. The first-order valence-electron chi connectivity index (χ1n) is 9.27. The van der Waals surface area contributed by atoms with Crippen LogP contribution in [0.25, 0.3) is 0 Å². The third-order valence-electron chi connectivity index (χ3n) is 4.98. The third-order valence-corrected chi connectivity index (χ3v) is 4.98. The van der Waals surface area contributed by atoms with Crippen molar-refractivity contribution in [2.75, 3.05) is 13.1 Å². The van der Waals surface area contributed by atoms with Crippen molar-refractivity contribution in [3.8, 4) is 0 Å². The SMILES string of the molecule is Cc1ccccc1CCC(=O)N[C@@H]1CC(=O)N(CCc2ccccc2)C1. The van der Waals surface area contributed by atoms with Gasteiger partial charge in [-0.3, -0.25) is 9.59 Å². The number of hydrogen-bond donors (Lipinski definition) is 1. The fourth-order valence-corrected chi connectivity index (χ4v) is 3.43. The van der Waals surface area contributed by atoms with Crippen LogP contribution < -0.4 is 5.32 Å². The van der Waals surface area contributed by atoms with Gasteiger partial charge in [0.2, 0.25) is 11.8 Å². The summed E-state index contributed by atoms with van der Waals surface area (Å²) >= 11 is 0. The van der Waals surface area contributed by atoms with Gasteiger partial charge in [-0.2, -0.15) is 0 Å². The Morgan fingerprint density at radius 1 is 1.08 bits per heavy atom. The second-order valence-corrected chi connectivity index (χ2v) is 6.97. The summed E-state index contributed by atoms with van der Waals surface area (Å²) in [4.78, 5) is 26.3. The van der Waals surface area contributed by atoms with E-state index in [0.717, 1.165) is 12.8 Å². The van der Waals surface area contributed by atoms with E-state index in [1.165, 1.54) is 16.7 Å². The van der Waals surface area contributed by atoms with Crippen LogP contribution in [-0.2, 0) is 22.4 Å². The topological polar surface area (TPSA) is 49.4 Å². The van der Waals surface area contributed by atoms with Gasteiger partial charge in [-0.1, -0.05) is 54.6 Å². The van der Waals surface area contributed by atoms with Crippen molar-refractivity contribution < 1.29 is 9.59 Å². The van der Waals surface area contributed by atoms with Crippen molar-refractivity contribution >= 4 is 11.8 Å². The standard InChI is InChI=1S/C22H26N2O2/c1-17-7-5-6-10-19(17)11-12-21(25)23-20-15-22(26)24(16-20)14-13-18-8-3-2-4-9-18/h2-10,20H,11-16H2,1H3,(H,23,25)/t20-/m1/s1. The lowest BCUT2D eigenvalue weighted by molar-refractivity contribution is -0.127. The summed E-state index contributed by atoms with van der Waals surface area (Å²) < 4.78 is 0. The summed E-state index contributed by atoms with van der Waals surface area (Å²) in [6.07, 6.45) is 2.45. The summed E-state index contributed by atoms with van der Waals surface area (Å²) in [5, 5.41) is 3.03. The molecule has 26 heavy (non-hydrogen) atoms. The monoisotopic (exact) mass is 350 g/mol. The van der Waals surface area contributed by atoms with Gasteiger partial charge < -0.3 is 10.2 Å². The van der Waals surface area contributed by atoms with Gasteiger partial charge >= 0.3 is 0 Å². The first kappa shape index (κ1) is 18.2. The highest BCUT2D eigenvalue weighted by molar-refractivity contribution is 5.82. The maximum Gasteiger partial charge on any atom is 0.224 e. The zero-order chi connectivity index (χ0) is 18.4. The molecule has 0 radical (unpaired) electrons. The van der Waals surface area contributed by atoms with E-state index in [0.29, 0.717) is 25.9 Å². The van der Waals surface area contributed by atoms with E-state index in [9.17, 15) is 9.59 Å². The average Bonchev–Trinajstić information content (AvgIpc) is 2.99. The van der Waals surface area contributed by atoms with E-state index in [1.54, 1.807) is 0 Å². The molecular formula is C22H26N2O2. The molecule has 0 aliphatic carbocycles. The molecule has 4 heteroatoms. The van der Waals surface area contributed by atoms with Crippen LogP contribution in [0.4, 0.5) is 0 Å². The van der Waals surface area contributed by atoms with Crippen molar-refractivity contribution in [2.45, 2.75) is 38.6 Å². The Labute approximate surface area is 155 Å². The lowest BCUT2D eigenvalue weighted by Gasteiger charge is -2.17. The Kier molecular flexibility index (Phi) is 6.05. The summed E-state index contributed by atoms with van der Waals surface area (Å²) in [7, 11) is 0. The Morgan fingerprint density at radius 3 is 2.58 bits per heavy atom. The first-order chi connectivity index (χ1) is 12.6. The van der Waals surface area contributed by atoms with Crippen LogP contribution in [0.15, 0.2) is 54.6 Å². The van der Waals surface area contributed by atoms with Crippen LogP contribution in [0.3, 0.4) is 0 Å². The molecule has 1 aliphatic heterocycles. The second-order valence-electron chi connectivity index (χ2n) is 6.97. The molecule has 2 amide bonds. The number of nitrogens with one attached hydrogen (secondary N) is 1. The molecule has 0 aromatic heterocycles. The quantitative estimate of drug-likeness (QED) is 0.835. The molecule has 1 heterocycles. The normalized spacial score (nSPS) is 16.7.